The lowest BCUT2D eigenvalue weighted by Crippen LogP contribution is -2.41. The van der Waals surface area contributed by atoms with Crippen LogP contribution in [0, 0.1) is 13.8 Å². The van der Waals surface area contributed by atoms with Crippen molar-refractivity contribution < 1.29 is 9.53 Å². The van der Waals surface area contributed by atoms with Crippen LogP contribution in [0.3, 0.4) is 0 Å². The molecule has 0 saturated carbocycles. The van der Waals surface area contributed by atoms with Crippen molar-refractivity contribution in [3.8, 4) is 16.9 Å². The zero-order valence-corrected chi connectivity index (χ0v) is 18.8. The molecule has 1 saturated heterocycles. The molecule has 1 fully saturated rings. The summed E-state index contributed by atoms with van der Waals surface area (Å²) in [7, 11) is 0. The lowest BCUT2D eigenvalue weighted by molar-refractivity contribution is -0.134. The number of nitrogens with zero attached hydrogens (tertiary/aromatic N) is 5. The van der Waals surface area contributed by atoms with E-state index in [-0.39, 0.29) is 17.9 Å². The summed E-state index contributed by atoms with van der Waals surface area (Å²) < 4.78 is 8.71. The van der Waals surface area contributed by atoms with Crippen molar-refractivity contribution in [1.82, 2.24) is 24.1 Å². The van der Waals surface area contributed by atoms with Crippen LogP contribution in [0.4, 0.5) is 0 Å². The zero-order valence-electron chi connectivity index (χ0n) is 17.9. The van der Waals surface area contributed by atoms with Gasteiger partial charge in [0.1, 0.15) is 5.69 Å². The van der Waals surface area contributed by atoms with Gasteiger partial charge in [-0.25, -0.2) is 9.67 Å². The first-order valence-electron chi connectivity index (χ1n) is 10.5. The van der Waals surface area contributed by atoms with E-state index < -0.39 is 0 Å². The quantitative estimate of drug-likeness (QED) is 0.478. The van der Waals surface area contributed by atoms with E-state index in [9.17, 15) is 9.59 Å². The predicted octanol–water partition coefficient (Wildman–Crippen LogP) is 2.63. The van der Waals surface area contributed by atoms with Crippen molar-refractivity contribution in [2.75, 3.05) is 26.3 Å². The van der Waals surface area contributed by atoms with E-state index in [1.54, 1.807) is 9.30 Å². The third-order valence-corrected chi connectivity index (χ3v) is 6.54. The van der Waals surface area contributed by atoms with Gasteiger partial charge >= 0.3 is 0 Å². The van der Waals surface area contributed by atoms with Crippen LogP contribution < -0.4 is 5.56 Å². The van der Waals surface area contributed by atoms with Crippen molar-refractivity contribution in [1.29, 1.82) is 0 Å². The Morgan fingerprint density at radius 2 is 1.91 bits per heavy atom. The van der Waals surface area contributed by atoms with Gasteiger partial charge in [0.05, 0.1) is 36.6 Å². The third kappa shape index (κ3) is 3.63. The highest BCUT2D eigenvalue weighted by Crippen LogP contribution is 2.23. The highest BCUT2D eigenvalue weighted by atomic mass is 32.1. The maximum Gasteiger partial charge on any atom is 0.268 e. The van der Waals surface area contributed by atoms with Gasteiger partial charge in [-0.1, -0.05) is 18.2 Å². The number of thiazole rings is 1. The monoisotopic (exact) mass is 449 g/mol. The van der Waals surface area contributed by atoms with Gasteiger partial charge in [0.25, 0.3) is 5.56 Å². The second-order valence-electron chi connectivity index (χ2n) is 7.81. The van der Waals surface area contributed by atoms with Crippen molar-refractivity contribution >= 4 is 22.2 Å². The van der Waals surface area contributed by atoms with Crippen molar-refractivity contribution in [2.45, 2.75) is 20.3 Å². The average molecular weight is 450 g/mol. The third-order valence-electron chi connectivity index (χ3n) is 5.66. The van der Waals surface area contributed by atoms with Crippen molar-refractivity contribution in [3.05, 3.63) is 69.2 Å². The molecule has 0 N–H and O–H groups in total. The molecule has 1 aliphatic rings. The van der Waals surface area contributed by atoms with E-state index in [0.717, 1.165) is 11.4 Å². The molecule has 0 aliphatic carbocycles. The molecule has 5 rings (SSSR count). The summed E-state index contributed by atoms with van der Waals surface area (Å²) in [6.45, 7) is 6.03. The normalized spacial score (nSPS) is 14.2. The Kier molecular flexibility index (Phi) is 5.36. The van der Waals surface area contributed by atoms with Crippen LogP contribution in [0.2, 0.25) is 0 Å². The highest BCUT2D eigenvalue weighted by molar-refractivity contribution is 7.15. The predicted molar refractivity (Wildman–Crippen MR) is 122 cm³/mol. The Balaban J connectivity index is 1.56. The number of ether oxygens (including phenoxy) is 1. The Labute approximate surface area is 188 Å². The second-order valence-corrected chi connectivity index (χ2v) is 8.65. The Morgan fingerprint density at radius 3 is 2.66 bits per heavy atom. The van der Waals surface area contributed by atoms with Crippen LogP contribution in [-0.4, -0.2) is 56.3 Å². The molecule has 3 aromatic heterocycles. The van der Waals surface area contributed by atoms with Crippen molar-refractivity contribution in [3.63, 3.8) is 0 Å². The Hall–Kier alpha value is -3.30. The number of aryl methyl sites for hydroxylation is 2. The molecule has 4 heterocycles. The first kappa shape index (κ1) is 20.6. The number of hydrogen-bond acceptors (Lipinski definition) is 6. The maximum absolute atomic E-state index is 13.6. The summed E-state index contributed by atoms with van der Waals surface area (Å²) in [4.78, 5) is 33.4. The topological polar surface area (TPSA) is 81.7 Å². The molecular weight excluding hydrogens is 426 g/mol. The molecule has 0 unspecified atom stereocenters. The minimum Gasteiger partial charge on any atom is -0.378 e. The van der Waals surface area contributed by atoms with E-state index in [0.29, 0.717) is 53.9 Å². The molecule has 9 heteroatoms. The molecule has 4 aromatic rings. The molecule has 1 aromatic carbocycles. The van der Waals surface area contributed by atoms with Crippen LogP contribution in [0.25, 0.3) is 21.9 Å². The minimum absolute atomic E-state index is 0.00813. The molecule has 1 aliphatic heterocycles. The zero-order chi connectivity index (χ0) is 22.2. The number of benzene rings is 1. The molecule has 0 spiro atoms. The summed E-state index contributed by atoms with van der Waals surface area (Å²) in [5.74, 6) is -0.00813. The number of carbonyl (C=O) groups is 1. The molecule has 0 atom stereocenters. The maximum atomic E-state index is 13.6. The number of morpholine rings is 1. The van der Waals surface area contributed by atoms with Gasteiger partial charge in [-0.3, -0.25) is 14.0 Å². The number of fused-ring (bicyclic) bond motifs is 1. The molecular formula is C23H23N5O3S. The first-order chi connectivity index (χ1) is 15.5. The fourth-order valence-electron chi connectivity index (χ4n) is 4.03. The van der Waals surface area contributed by atoms with E-state index >= 15 is 0 Å². The summed E-state index contributed by atoms with van der Waals surface area (Å²) in [6.07, 6.45) is 0.154. The fraction of sp³-hybridized carbons (Fsp3) is 0.304. The van der Waals surface area contributed by atoms with E-state index in [4.69, 9.17) is 9.84 Å². The van der Waals surface area contributed by atoms with Crippen molar-refractivity contribution in [2.24, 2.45) is 0 Å². The minimum atomic E-state index is -0.198. The number of rotatable bonds is 4. The van der Waals surface area contributed by atoms with Gasteiger partial charge in [0.2, 0.25) is 5.91 Å². The molecule has 164 valence electrons. The smallest absolute Gasteiger partial charge is 0.268 e. The van der Waals surface area contributed by atoms with Gasteiger partial charge in [-0.05, 0) is 32.0 Å². The van der Waals surface area contributed by atoms with Crippen LogP contribution >= 0.6 is 11.3 Å². The van der Waals surface area contributed by atoms with Gasteiger partial charge in [0, 0.05) is 29.9 Å². The first-order valence-corrected chi connectivity index (χ1v) is 11.4. The summed E-state index contributed by atoms with van der Waals surface area (Å²) in [5.41, 5.74) is 3.96. The molecule has 8 nitrogen and oxygen atoms in total. The standard InChI is InChI=1S/C23H23N5O3S/c1-15-12-19(25-28(15)17-6-4-3-5-7-17)21-16(2)24-23-27(22(21)30)18(14-32-23)13-20(29)26-8-10-31-11-9-26/h3-7,12,14H,8-11,13H2,1-2H3. The number of carbonyl (C=O) groups excluding carboxylic acids is 1. The lowest BCUT2D eigenvalue weighted by atomic mass is 10.1. The van der Waals surface area contributed by atoms with E-state index in [2.05, 4.69) is 4.98 Å². The highest BCUT2D eigenvalue weighted by Gasteiger charge is 2.22. The molecule has 0 bridgehead atoms. The number of para-hydroxylation sites is 1. The van der Waals surface area contributed by atoms with E-state index in [1.165, 1.54) is 11.3 Å². The summed E-state index contributed by atoms with van der Waals surface area (Å²) in [5, 5.41) is 6.55. The largest absolute Gasteiger partial charge is 0.378 e. The summed E-state index contributed by atoms with van der Waals surface area (Å²) in [6, 6.07) is 11.7. The fourth-order valence-corrected chi connectivity index (χ4v) is 4.96. The van der Waals surface area contributed by atoms with Crippen LogP contribution in [0.15, 0.2) is 46.6 Å². The number of hydrogen-bond donors (Lipinski definition) is 0. The van der Waals surface area contributed by atoms with Crippen LogP contribution in [0.5, 0.6) is 0 Å². The van der Waals surface area contributed by atoms with Gasteiger partial charge in [-0.15, -0.1) is 11.3 Å². The number of aromatic nitrogens is 4. The van der Waals surface area contributed by atoms with Gasteiger partial charge in [0.15, 0.2) is 4.96 Å². The average Bonchev–Trinajstić information content (AvgIpc) is 3.38. The molecule has 0 radical (unpaired) electrons. The SMILES string of the molecule is Cc1nc2scc(CC(=O)N3CCOCC3)n2c(=O)c1-c1cc(C)n(-c2ccccc2)n1. The number of amides is 1. The van der Waals surface area contributed by atoms with Gasteiger partial charge < -0.3 is 9.64 Å². The summed E-state index contributed by atoms with van der Waals surface area (Å²) >= 11 is 1.37. The Morgan fingerprint density at radius 1 is 1.16 bits per heavy atom. The molecule has 32 heavy (non-hydrogen) atoms. The lowest BCUT2D eigenvalue weighted by Gasteiger charge is -2.26. The van der Waals surface area contributed by atoms with E-state index in [1.807, 2.05) is 60.3 Å². The Bertz CT molecular complexity index is 1350. The second kappa shape index (κ2) is 8.33. The van der Waals surface area contributed by atoms with Crippen LogP contribution in [-0.2, 0) is 16.0 Å². The van der Waals surface area contributed by atoms with Crippen LogP contribution in [0.1, 0.15) is 17.1 Å². The molecule has 1 amide bonds. The van der Waals surface area contributed by atoms with Gasteiger partial charge in [-0.2, -0.15) is 5.10 Å².